The molecule has 12 heteroatoms. The third-order valence-electron chi connectivity index (χ3n) is 2.99. The zero-order valence-electron chi connectivity index (χ0n) is 13.2. The summed E-state index contributed by atoms with van der Waals surface area (Å²) in [6.45, 7) is 0. The third kappa shape index (κ3) is 5.08. The van der Waals surface area contributed by atoms with Gasteiger partial charge in [-0.05, 0) is 24.5 Å². The van der Waals surface area contributed by atoms with E-state index in [1.165, 1.54) is 11.8 Å². The molecule has 0 aliphatic carbocycles. The Balaban J connectivity index is 2.10. The summed E-state index contributed by atoms with van der Waals surface area (Å²) in [6, 6.07) is 2.68. The fourth-order valence-corrected chi connectivity index (χ4v) is 3.31. The Labute approximate surface area is 160 Å². The van der Waals surface area contributed by atoms with Crippen LogP contribution in [0.2, 0.25) is 5.02 Å². The predicted octanol–water partition coefficient (Wildman–Crippen LogP) is 3.77. The fraction of sp³-hybridized carbons (Fsp3) is 0.214. The highest BCUT2D eigenvalue weighted by Crippen LogP contribution is 2.34. The number of carbonyl (C=O) groups is 1. The van der Waals surface area contributed by atoms with Gasteiger partial charge in [-0.2, -0.15) is 13.2 Å². The number of amides is 1. The standard InChI is InChI=1S/C14H13ClF3N5OS2/c1-25-11-10(19)12(23-13(20)22-11)26-5-9(24)21-8-4-6(14(16,17)18)2-3-7(8)15/h2-4H,5,19H2,1H3,(H,21,24)(H2,20,22,23). The van der Waals surface area contributed by atoms with Crippen LogP contribution in [0, 0.1) is 0 Å². The second-order valence-electron chi connectivity index (χ2n) is 4.84. The number of halogens is 4. The first-order valence-electron chi connectivity index (χ1n) is 6.88. The average Bonchev–Trinajstić information content (AvgIpc) is 2.56. The number of thioether (sulfide) groups is 2. The van der Waals surface area contributed by atoms with Gasteiger partial charge >= 0.3 is 6.18 Å². The van der Waals surface area contributed by atoms with Crippen LogP contribution in [-0.4, -0.2) is 27.9 Å². The topological polar surface area (TPSA) is 107 Å². The van der Waals surface area contributed by atoms with Crippen LogP contribution in [0.3, 0.4) is 0 Å². The van der Waals surface area contributed by atoms with Crippen molar-refractivity contribution in [2.75, 3.05) is 28.8 Å². The van der Waals surface area contributed by atoms with E-state index < -0.39 is 17.6 Å². The van der Waals surface area contributed by atoms with E-state index in [2.05, 4.69) is 15.3 Å². The molecular weight excluding hydrogens is 411 g/mol. The number of nitrogens with one attached hydrogen (secondary N) is 1. The van der Waals surface area contributed by atoms with Gasteiger partial charge in [0.2, 0.25) is 11.9 Å². The summed E-state index contributed by atoms with van der Waals surface area (Å²) in [5.74, 6) is -0.716. The molecule has 0 saturated carbocycles. The Morgan fingerprint density at radius 3 is 2.54 bits per heavy atom. The number of benzene rings is 1. The maximum Gasteiger partial charge on any atom is 0.416 e. The molecular formula is C14H13ClF3N5OS2. The van der Waals surface area contributed by atoms with Crippen molar-refractivity contribution in [2.24, 2.45) is 0 Å². The Morgan fingerprint density at radius 1 is 1.27 bits per heavy atom. The van der Waals surface area contributed by atoms with E-state index in [0.29, 0.717) is 10.1 Å². The number of carbonyl (C=O) groups excluding carboxylic acids is 1. The van der Waals surface area contributed by atoms with Gasteiger partial charge in [-0.1, -0.05) is 23.4 Å². The summed E-state index contributed by atoms with van der Waals surface area (Å²) in [5.41, 5.74) is 10.7. The minimum Gasteiger partial charge on any atom is -0.394 e. The van der Waals surface area contributed by atoms with Crippen molar-refractivity contribution in [3.05, 3.63) is 28.8 Å². The van der Waals surface area contributed by atoms with Gasteiger partial charge in [0.05, 0.1) is 27.7 Å². The number of nitrogens with two attached hydrogens (primary N) is 2. The lowest BCUT2D eigenvalue weighted by molar-refractivity contribution is -0.137. The maximum atomic E-state index is 12.8. The van der Waals surface area contributed by atoms with Crippen molar-refractivity contribution in [2.45, 2.75) is 16.2 Å². The monoisotopic (exact) mass is 423 g/mol. The van der Waals surface area contributed by atoms with Crippen molar-refractivity contribution >= 4 is 58.4 Å². The first-order chi connectivity index (χ1) is 12.1. The lowest BCUT2D eigenvalue weighted by Gasteiger charge is -2.12. The highest BCUT2D eigenvalue weighted by atomic mass is 35.5. The normalized spacial score (nSPS) is 11.4. The predicted molar refractivity (Wildman–Crippen MR) is 98.4 cm³/mol. The number of nitrogen functional groups attached to an aromatic ring is 2. The summed E-state index contributed by atoms with van der Waals surface area (Å²) >= 11 is 8.10. The van der Waals surface area contributed by atoms with Gasteiger partial charge in [-0.25, -0.2) is 9.97 Å². The lowest BCUT2D eigenvalue weighted by Crippen LogP contribution is -2.16. The molecule has 140 valence electrons. The van der Waals surface area contributed by atoms with Crippen LogP contribution in [-0.2, 0) is 11.0 Å². The molecule has 0 unspecified atom stereocenters. The van der Waals surface area contributed by atoms with E-state index in [-0.39, 0.29) is 28.1 Å². The summed E-state index contributed by atoms with van der Waals surface area (Å²) in [4.78, 5) is 20.0. The second-order valence-corrected chi connectivity index (χ2v) is 7.01. The van der Waals surface area contributed by atoms with Gasteiger partial charge in [-0.15, -0.1) is 11.8 Å². The second kappa shape index (κ2) is 8.23. The quantitative estimate of drug-likeness (QED) is 0.496. The minimum absolute atomic E-state index is 0.00683. The van der Waals surface area contributed by atoms with E-state index in [0.717, 1.165) is 30.0 Å². The molecule has 0 fully saturated rings. The first kappa shape index (κ1) is 20.5. The fourth-order valence-electron chi connectivity index (χ4n) is 1.83. The number of aromatic nitrogens is 2. The SMILES string of the molecule is CSc1nc(N)nc(SCC(=O)Nc2cc(C(F)(F)F)ccc2Cl)c1N. The molecule has 6 nitrogen and oxygen atoms in total. The minimum atomic E-state index is -4.54. The number of anilines is 3. The molecule has 5 N–H and O–H groups in total. The highest BCUT2D eigenvalue weighted by molar-refractivity contribution is 8.00. The van der Waals surface area contributed by atoms with Crippen molar-refractivity contribution in [3.8, 4) is 0 Å². The number of nitrogens with zero attached hydrogens (tertiary/aromatic N) is 2. The maximum absolute atomic E-state index is 12.8. The molecule has 0 aliphatic heterocycles. The van der Waals surface area contributed by atoms with Gasteiger partial charge in [0.1, 0.15) is 10.1 Å². The summed E-state index contributed by atoms with van der Waals surface area (Å²) < 4.78 is 38.3. The molecule has 0 aliphatic rings. The van der Waals surface area contributed by atoms with Crippen molar-refractivity contribution in [1.29, 1.82) is 0 Å². The smallest absolute Gasteiger partial charge is 0.394 e. The molecule has 0 bridgehead atoms. The summed E-state index contributed by atoms with van der Waals surface area (Å²) in [7, 11) is 0. The number of alkyl halides is 3. The summed E-state index contributed by atoms with van der Waals surface area (Å²) in [6.07, 6.45) is -2.78. The van der Waals surface area contributed by atoms with Crippen molar-refractivity contribution in [1.82, 2.24) is 9.97 Å². The molecule has 2 rings (SSSR count). The van der Waals surface area contributed by atoms with Crippen LogP contribution in [0.5, 0.6) is 0 Å². The van der Waals surface area contributed by atoms with E-state index in [1.807, 2.05) is 0 Å². The molecule has 0 radical (unpaired) electrons. The van der Waals surface area contributed by atoms with Gasteiger partial charge < -0.3 is 16.8 Å². The lowest BCUT2D eigenvalue weighted by atomic mass is 10.2. The van der Waals surface area contributed by atoms with Crippen LogP contribution >= 0.6 is 35.1 Å². The van der Waals surface area contributed by atoms with E-state index >= 15 is 0 Å². The molecule has 0 saturated heterocycles. The zero-order chi connectivity index (χ0) is 19.5. The van der Waals surface area contributed by atoms with E-state index in [1.54, 1.807) is 6.26 Å². The molecule has 1 amide bonds. The van der Waals surface area contributed by atoms with Crippen LogP contribution in [0.15, 0.2) is 28.3 Å². The van der Waals surface area contributed by atoms with Crippen LogP contribution in [0.25, 0.3) is 0 Å². The Hall–Kier alpha value is -1.85. The number of hydrogen-bond donors (Lipinski definition) is 3. The van der Waals surface area contributed by atoms with E-state index in [4.69, 9.17) is 23.1 Å². The zero-order valence-corrected chi connectivity index (χ0v) is 15.6. The molecule has 1 heterocycles. The number of rotatable bonds is 5. The van der Waals surface area contributed by atoms with Gasteiger partial charge in [0.25, 0.3) is 0 Å². The van der Waals surface area contributed by atoms with Crippen LogP contribution in [0.1, 0.15) is 5.56 Å². The highest BCUT2D eigenvalue weighted by Gasteiger charge is 2.31. The molecule has 1 aromatic carbocycles. The number of hydrogen-bond acceptors (Lipinski definition) is 7. The largest absolute Gasteiger partial charge is 0.416 e. The van der Waals surface area contributed by atoms with Gasteiger partial charge in [0, 0.05) is 0 Å². The van der Waals surface area contributed by atoms with Gasteiger partial charge in [0.15, 0.2) is 0 Å². The molecule has 2 aromatic rings. The third-order valence-corrected chi connectivity index (χ3v) is 5.01. The van der Waals surface area contributed by atoms with Crippen LogP contribution in [0.4, 0.5) is 30.5 Å². The Bertz CT molecular complexity index is 835. The van der Waals surface area contributed by atoms with Crippen molar-refractivity contribution < 1.29 is 18.0 Å². The average molecular weight is 424 g/mol. The van der Waals surface area contributed by atoms with Gasteiger partial charge in [-0.3, -0.25) is 4.79 Å². The molecule has 0 atom stereocenters. The Kier molecular flexibility index (Phi) is 6.48. The Morgan fingerprint density at radius 2 is 1.92 bits per heavy atom. The molecule has 0 spiro atoms. The summed E-state index contributed by atoms with van der Waals surface area (Å²) in [5, 5.41) is 3.12. The molecule has 1 aromatic heterocycles. The van der Waals surface area contributed by atoms with Crippen LogP contribution < -0.4 is 16.8 Å². The van der Waals surface area contributed by atoms with Crippen molar-refractivity contribution in [3.63, 3.8) is 0 Å². The molecule has 26 heavy (non-hydrogen) atoms. The van der Waals surface area contributed by atoms with E-state index in [9.17, 15) is 18.0 Å². The first-order valence-corrected chi connectivity index (χ1v) is 9.47.